The summed E-state index contributed by atoms with van der Waals surface area (Å²) in [5, 5.41) is 16.0. The van der Waals surface area contributed by atoms with Crippen LogP contribution in [-0.4, -0.2) is 23.6 Å². The van der Waals surface area contributed by atoms with Gasteiger partial charge in [-0.05, 0) is 44.9 Å². The van der Waals surface area contributed by atoms with Gasteiger partial charge in [0.2, 0.25) is 0 Å². The summed E-state index contributed by atoms with van der Waals surface area (Å²) in [7, 11) is 0. The second kappa shape index (κ2) is 5.15. The van der Waals surface area contributed by atoms with E-state index in [0.29, 0.717) is 23.5 Å². The number of piperidine rings is 1. The second-order valence-corrected chi connectivity index (χ2v) is 4.60. The minimum absolute atomic E-state index is 0.352. The predicted octanol–water partition coefficient (Wildman–Crippen LogP) is 1.81. The molecule has 1 aromatic rings. The number of anilines is 1. The average Bonchev–Trinajstić information content (AvgIpc) is 2.32. The van der Waals surface area contributed by atoms with Crippen molar-refractivity contribution in [3.05, 3.63) is 23.4 Å². The molecule has 1 saturated heterocycles. The third-order valence-electron chi connectivity index (χ3n) is 3.36. The molecule has 1 aliphatic heterocycles. The van der Waals surface area contributed by atoms with E-state index in [9.17, 15) is 0 Å². The van der Waals surface area contributed by atoms with Gasteiger partial charge in [-0.1, -0.05) is 0 Å². The molecule has 2 N–H and O–H groups in total. The lowest BCUT2D eigenvalue weighted by Gasteiger charge is -2.31. The van der Waals surface area contributed by atoms with Crippen LogP contribution in [0.2, 0.25) is 0 Å². The van der Waals surface area contributed by atoms with Gasteiger partial charge in [0.25, 0.3) is 0 Å². The summed E-state index contributed by atoms with van der Waals surface area (Å²) in [5.41, 5.74) is 1.63. The van der Waals surface area contributed by atoms with Crippen molar-refractivity contribution in [1.82, 2.24) is 10.3 Å². The van der Waals surface area contributed by atoms with E-state index in [0.717, 1.165) is 24.9 Å². The highest BCUT2D eigenvalue weighted by molar-refractivity contribution is 5.55. The first-order valence-electron chi connectivity index (χ1n) is 6.08. The van der Waals surface area contributed by atoms with Gasteiger partial charge < -0.3 is 10.6 Å². The van der Waals surface area contributed by atoms with Gasteiger partial charge in [0, 0.05) is 18.3 Å². The van der Waals surface area contributed by atoms with E-state index in [4.69, 9.17) is 5.26 Å². The summed E-state index contributed by atoms with van der Waals surface area (Å²) >= 11 is 0. The average molecular weight is 230 g/mol. The van der Waals surface area contributed by atoms with E-state index in [-0.39, 0.29) is 0 Å². The van der Waals surface area contributed by atoms with Gasteiger partial charge in [0.05, 0.1) is 5.56 Å². The summed E-state index contributed by atoms with van der Waals surface area (Å²) in [6.07, 6.45) is 4.03. The first kappa shape index (κ1) is 11.9. The Bertz CT molecular complexity index is 436. The Morgan fingerprint density at radius 1 is 1.59 bits per heavy atom. The van der Waals surface area contributed by atoms with Crippen LogP contribution in [0.4, 0.5) is 5.82 Å². The van der Waals surface area contributed by atoms with Crippen molar-refractivity contribution in [3.63, 3.8) is 0 Å². The molecule has 0 bridgehead atoms. The number of aromatic nitrogens is 1. The lowest BCUT2D eigenvalue weighted by molar-refractivity contribution is 0.388. The Morgan fingerprint density at radius 2 is 2.41 bits per heavy atom. The molecule has 2 rings (SSSR count). The smallest absolute Gasteiger partial charge is 0.144 e. The van der Waals surface area contributed by atoms with Gasteiger partial charge in [0.15, 0.2) is 0 Å². The molecular weight excluding hydrogens is 212 g/mol. The van der Waals surface area contributed by atoms with Gasteiger partial charge in [-0.15, -0.1) is 0 Å². The quantitative estimate of drug-likeness (QED) is 0.813. The van der Waals surface area contributed by atoms with E-state index in [1.165, 1.54) is 0 Å². The first-order chi connectivity index (χ1) is 8.22. The van der Waals surface area contributed by atoms with Crippen molar-refractivity contribution in [2.24, 2.45) is 0 Å². The fourth-order valence-corrected chi connectivity index (χ4v) is 2.23. The maximum absolute atomic E-state index is 9.15. The van der Waals surface area contributed by atoms with E-state index >= 15 is 0 Å². The molecule has 1 fully saturated rings. The minimum atomic E-state index is 0.352. The number of hydrogen-bond donors (Lipinski definition) is 2. The maximum atomic E-state index is 9.15. The van der Waals surface area contributed by atoms with Gasteiger partial charge in [0.1, 0.15) is 11.9 Å². The van der Waals surface area contributed by atoms with Gasteiger partial charge >= 0.3 is 0 Å². The largest absolute Gasteiger partial charge is 0.365 e. The van der Waals surface area contributed by atoms with Crippen molar-refractivity contribution in [2.75, 3.05) is 11.9 Å². The number of aryl methyl sites for hydroxylation is 1. The molecule has 2 atom stereocenters. The zero-order chi connectivity index (χ0) is 12.3. The van der Waals surface area contributed by atoms with Gasteiger partial charge in [-0.25, -0.2) is 4.98 Å². The van der Waals surface area contributed by atoms with Crippen molar-refractivity contribution >= 4 is 5.82 Å². The van der Waals surface area contributed by atoms with Crippen molar-refractivity contribution < 1.29 is 0 Å². The molecule has 4 heteroatoms. The molecule has 0 spiro atoms. The Kier molecular flexibility index (Phi) is 3.60. The Balaban J connectivity index is 2.18. The highest BCUT2D eigenvalue weighted by Gasteiger charge is 2.21. The molecule has 0 saturated carbocycles. The highest BCUT2D eigenvalue weighted by Crippen LogP contribution is 2.19. The summed E-state index contributed by atoms with van der Waals surface area (Å²) in [4.78, 5) is 4.28. The molecule has 2 unspecified atom stereocenters. The molecule has 1 aromatic heterocycles. The van der Waals surface area contributed by atoms with Crippen LogP contribution in [0, 0.1) is 18.3 Å². The number of pyridine rings is 1. The van der Waals surface area contributed by atoms with Gasteiger partial charge in [-0.3, -0.25) is 0 Å². The SMILES string of the molecule is Cc1ccnc(NC2CCCNC2C)c1C#N. The Labute approximate surface area is 102 Å². The number of rotatable bonds is 2. The number of nitrogens with zero attached hydrogens (tertiary/aromatic N) is 2. The summed E-state index contributed by atoms with van der Waals surface area (Å²) < 4.78 is 0. The molecule has 0 amide bonds. The fourth-order valence-electron chi connectivity index (χ4n) is 2.23. The molecule has 1 aliphatic rings. The molecule has 0 radical (unpaired) electrons. The van der Waals surface area contributed by atoms with Crippen molar-refractivity contribution in [3.8, 4) is 6.07 Å². The predicted molar refractivity (Wildman–Crippen MR) is 67.8 cm³/mol. The van der Waals surface area contributed by atoms with Crippen LogP contribution >= 0.6 is 0 Å². The highest BCUT2D eigenvalue weighted by atomic mass is 15.1. The zero-order valence-corrected chi connectivity index (χ0v) is 10.3. The fraction of sp³-hybridized carbons (Fsp3) is 0.538. The van der Waals surface area contributed by atoms with Crippen LogP contribution in [0.25, 0.3) is 0 Å². The number of nitriles is 1. The van der Waals surface area contributed by atoms with E-state index in [1.807, 2.05) is 13.0 Å². The molecule has 0 aliphatic carbocycles. The topological polar surface area (TPSA) is 60.7 Å². The third-order valence-corrected chi connectivity index (χ3v) is 3.36. The maximum Gasteiger partial charge on any atom is 0.144 e. The molecule has 0 aromatic carbocycles. The second-order valence-electron chi connectivity index (χ2n) is 4.60. The molecule has 2 heterocycles. The lowest BCUT2D eigenvalue weighted by Crippen LogP contribution is -2.46. The van der Waals surface area contributed by atoms with Crippen molar-refractivity contribution in [1.29, 1.82) is 5.26 Å². The van der Waals surface area contributed by atoms with E-state index in [1.54, 1.807) is 6.20 Å². The minimum Gasteiger partial charge on any atom is -0.365 e. The number of nitrogens with one attached hydrogen (secondary N) is 2. The molecule has 90 valence electrons. The lowest BCUT2D eigenvalue weighted by atomic mass is 9.99. The summed E-state index contributed by atoms with van der Waals surface area (Å²) in [6.45, 7) is 5.18. The van der Waals surface area contributed by atoms with Crippen LogP contribution < -0.4 is 10.6 Å². The van der Waals surface area contributed by atoms with Crippen LogP contribution in [0.5, 0.6) is 0 Å². The third kappa shape index (κ3) is 2.56. The first-order valence-corrected chi connectivity index (χ1v) is 6.08. The summed E-state index contributed by atoms with van der Waals surface area (Å²) in [5.74, 6) is 0.716. The molecule has 4 nitrogen and oxygen atoms in total. The van der Waals surface area contributed by atoms with Gasteiger partial charge in [-0.2, -0.15) is 5.26 Å². The van der Waals surface area contributed by atoms with E-state index in [2.05, 4.69) is 28.6 Å². The number of hydrogen-bond acceptors (Lipinski definition) is 4. The normalized spacial score (nSPS) is 24.1. The van der Waals surface area contributed by atoms with E-state index < -0.39 is 0 Å². The van der Waals surface area contributed by atoms with Crippen LogP contribution in [0.1, 0.15) is 30.9 Å². The monoisotopic (exact) mass is 230 g/mol. The summed E-state index contributed by atoms with van der Waals surface area (Å²) in [6, 6.07) is 4.86. The Morgan fingerprint density at radius 3 is 3.12 bits per heavy atom. The molecular formula is C13H18N4. The zero-order valence-electron chi connectivity index (χ0n) is 10.3. The van der Waals surface area contributed by atoms with Crippen LogP contribution in [-0.2, 0) is 0 Å². The van der Waals surface area contributed by atoms with Crippen molar-refractivity contribution in [2.45, 2.75) is 38.8 Å². The standard InChI is InChI=1S/C13H18N4/c1-9-5-7-16-13(11(9)8-14)17-12-4-3-6-15-10(12)2/h5,7,10,12,15H,3-4,6H2,1-2H3,(H,16,17). The molecule has 17 heavy (non-hydrogen) atoms. The Hall–Kier alpha value is -1.60. The van der Waals surface area contributed by atoms with Crippen LogP contribution in [0.3, 0.4) is 0 Å². The van der Waals surface area contributed by atoms with Crippen LogP contribution in [0.15, 0.2) is 12.3 Å².